The van der Waals surface area contributed by atoms with E-state index in [9.17, 15) is 4.79 Å². The van der Waals surface area contributed by atoms with Gasteiger partial charge in [0.25, 0.3) is 0 Å². The SMILES string of the molecule is O=C(O)CN1CCN(CCCCCc2ccc3c(n2)NCCC3)CC1. The van der Waals surface area contributed by atoms with Crippen LogP contribution in [0.25, 0.3) is 0 Å². The number of nitrogens with zero attached hydrogens (tertiary/aromatic N) is 3. The van der Waals surface area contributed by atoms with Gasteiger partial charge >= 0.3 is 5.97 Å². The fraction of sp³-hybridized carbons (Fsp3) is 0.684. The molecule has 25 heavy (non-hydrogen) atoms. The van der Waals surface area contributed by atoms with Crippen molar-refractivity contribution in [3.05, 3.63) is 23.4 Å². The normalized spacial score (nSPS) is 18.6. The number of carbonyl (C=O) groups is 1. The van der Waals surface area contributed by atoms with E-state index < -0.39 is 5.97 Å². The molecule has 1 saturated heterocycles. The van der Waals surface area contributed by atoms with Gasteiger partial charge in [0.2, 0.25) is 0 Å². The Morgan fingerprint density at radius 2 is 1.92 bits per heavy atom. The summed E-state index contributed by atoms with van der Waals surface area (Å²) in [6, 6.07) is 4.42. The number of aromatic nitrogens is 1. The third-order valence-corrected chi connectivity index (χ3v) is 5.18. The van der Waals surface area contributed by atoms with Gasteiger partial charge in [-0.1, -0.05) is 12.5 Å². The van der Waals surface area contributed by atoms with Crippen LogP contribution in [0.2, 0.25) is 0 Å². The van der Waals surface area contributed by atoms with Gasteiger partial charge in [-0.3, -0.25) is 9.69 Å². The van der Waals surface area contributed by atoms with Crippen molar-refractivity contribution in [2.45, 2.75) is 38.5 Å². The summed E-state index contributed by atoms with van der Waals surface area (Å²) >= 11 is 0. The van der Waals surface area contributed by atoms with Crippen molar-refractivity contribution in [2.75, 3.05) is 51.1 Å². The zero-order valence-electron chi connectivity index (χ0n) is 15.0. The molecule has 138 valence electrons. The highest BCUT2D eigenvalue weighted by Crippen LogP contribution is 2.20. The van der Waals surface area contributed by atoms with Crippen LogP contribution < -0.4 is 5.32 Å². The first-order chi connectivity index (χ1) is 12.2. The largest absolute Gasteiger partial charge is 0.480 e. The van der Waals surface area contributed by atoms with Gasteiger partial charge in [0, 0.05) is 38.4 Å². The first-order valence-electron chi connectivity index (χ1n) is 9.60. The van der Waals surface area contributed by atoms with Gasteiger partial charge in [-0.2, -0.15) is 0 Å². The van der Waals surface area contributed by atoms with Gasteiger partial charge in [0.05, 0.1) is 6.54 Å². The molecule has 0 aromatic carbocycles. The molecule has 2 aliphatic rings. The summed E-state index contributed by atoms with van der Waals surface area (Å²) in [4.78, 5) is 20.0. The van der Waals surface area contributed by atoms with Crippen molar-refractivity contribution in [3.63, 3.8) is 0 Å². The molecule has 0 radical (unpaired) electrons. The van der Waals surface area contributed by atoms with Crippen molar-refractivity contribution in [1.29, 1.82) is 0 Å². The molecule has 0 unspecified atom stereocenters. The van der Waals surface area contributed by atoms with E-state index in [1.807, 2.05) is 4.90 Å². The van der Waals surface area contributed by atoms with Gasteiger partial charge in [0.1, 0.15) is 5.82 Å². The van der Waals surface area contributed by atoms with Gasteiger partial charge in [-0.25, -0.2) is 4.98 Å². The second kappa shape index (κ2) is 9.15. The summed E-state index contributed by atoms with van der Waals surface area (Å²) in [6.07, 6.45) is 7.03. The summed E-state index contributed by atoms with van der Waals surface area (Å²) in [5.74, 6) is 0.377. The van der Waals surface area contributed by atoms with E-state index in [4.69, 9.17) is 10.1 Å². The number of anilines is 1. The minimum absolute atomic E-state index is 0.177. The number of nitrogens with one attached hydrogen (secondary N) is 1. The van der Waals surface area contributed by atoms with E-state index >= 15 is 0 Å². The number of pyridine rings is 1. The minimum Gasteiger partial charge on any atom is -0.480 e. The van der Waals surface area contributed by atoms with E-state index in [-0.39, 0.29) is 6.54 Å². The van der Waals surface area contributed by atoms with Crippen LogP contribution >= 0.6 is 0 Å². The zero-order valence-corrected chi connectivity index (χ0v) is 15.0. The van der Waals surface area contributed by atoms with Gasteiger partial charge in [-0.15, -0.1) is 0 Å². The molecule has 3 rings (SSSR count). The molecule has 1 fully saturated rings. The van der Waals surface area contributed by atoms with E-state index in [2.05, 4.69) is 22.3 Å². The molecule has 0 spiro atoms. The fourth-order valence-corrected chi connectivity index (χ4v) is 3.69. The average molecular weight is 346 g/mol. The highest BCUT2D eigenvalue weighted by molar-refractivity contribution is 5.69. The van der Waals surface area contributed by atoms with Crippen LogP contribution in [0, 0.1) is 0 Å². The lowest BCUT2D eigenvalue weighted by Gasteiger charge is -2.33. The third-order valence-electron chi connectivity index (χ3n) is 5.18. The molecule has 0 amide bonds. The molecule has 1 aromatic rings. The molecular formula is C19H30N4O2. The number of aliphatic carboxylic acids is 1. The molecule has 0 aliphatic carbocycles. The van der Waals surface area contributed by atoms with Gasteiger partial charge in [-0.05, 0) is 50.3 Å². The highest BCUT2D eigenvalue weighted by Gasteiger charge is 2.18. The lowest BCUT2D eigenvalue weighted by molar-refractivity contribution is -0.138. The Morgan fingerprint density at radius 3 is 2.72 bits per heavy atom. The number of piperazine rings is 1. The zero-order chi connectivity index (χ0) is 17.5. The summed E-state index contributed by atoms with van der Waals surface area (Å²) in [5.41, 5.74) is 2.56. The average Bonchev–Trinajstić information content (AvgIpc) is 2.62. The van der Waals surface area contributed by atoms with Crippen LogP contribution in [0.1, 0.15) is 36.9 Å². The number of aryl methyl sites for hydroxylation is 2. The Kier molecular flexibility index (Phi) is 6.64. The van der Waals surface area contributed by atoms with Crippen LogP contribution in [-0.2, 0) is 17.6 Å². The lowest BCUT2D eigenvalue weighted by Crippen LogP contribution is -2.48. The number of rotatable bonds is 8. The molecule has 2 aliphatic heterocycles. The first kappa shape index (κ1) is 18.1. The Hall–Kier alpha value is -1.66. The monoisotopic (exact) mass is 346 g/mol. The van der Waals surface area contributed by atoms with E-state index in [1.165, 1.54) is 36.9 Å². The maximum absolute atomic E-state index is 10.7. The fourth-order valence-electron chi connectivity index (χ4n) is 3.69. The molecule has 3 heterocycles. The molecule has 0 saturated carbocycles. The minimum atomic E-state index is -0.723. The molecule has 1 aromatic heterocycles. The van der Waals surface area contributed by atoms with Gasteiger partial charge in [0.15, 0.2) is 0 Å². The number of hydrogen-bond donors (Lipinski definition) is 2. The maximum Gasteiger partial charge on any atom is 0.317 e. The van der Waals surface area contributed by atoms with E-state index in [0.29, 0.717) is 0 Å². The number of carboxylic acids is 1. The van der Waals surface area contributed by atoms with Crippen molar-refractivity contribution >= 4 is 11.8 Å². The first-order valence-corrected chi connectivity index (χ1v) is 9.60. The smallest absolute Gasteiger partial charge is 0.317 e. The van der Waals surface area contributed by atoms with Crippen LogP contribution in [0.15, 0.2) is 12.1 Å². The Balaban J connectivity index is 1.29. The lowest BCUT2D eigenvalue weighted by atomic mass is 10.1. The topological polar surface area (TPSA) is 68.7 Å². The summed E-state index contributed by atoms with van der Waals surface area (Å²) < 4.78 is 0. The molecule has 0 bridgehead atoms. The molecule has 2 N–H and O–H groups in total. The second-order valence-corrected chi connectivity index (χ2v) is 7.16. The standard InChI is InChI=1S/C19H30N4O2/c24-18(25)15-23-13-11-22(12-14-23)10-3-1-2-6-17-8-7-16-5-4-9-20-19(16)21-17/h7-8H,1-6,9-15H2,(H,20,21)(H,24,25). The molecule has 0 atom stereocenters. The predicted molar refractivity (Wildman–Crippen MR) is 99.1 cm³/mol. The Bertz CT molecular complexity index is 571. The van der Waals surface area contributed by atoms with Crippen molar-refractivity contribution in [1.82, 2.24) is 14.8 Å². The number of fused-ring (bicyclic) bond motifs is 1. The van der Waals surface area contributed by atoms with Crippen LogP contribution in [-0.4, -0.2) is 71.7 Å². The maximum atomic E-state index is 10.7. The van der Waals surface area contributed by atoms with E-state index in [0.717, 1.165) is 57.9 Å². The molecule has 6 nitrogen and oxygen atoms in total. The van der Waals surface area contributed by atoms with Crippen molar-refractivity contribution < 1.29 is 9.90 Å². The third kappa shape index (κ3) is 5.68. The van der Waals surface area contributed by atoms with Crippen LogP contribution in [0.3, 0.4) is 0 Å². The summed E-state index contributed by atoms with van der Waals surface area (Å²) in [6.45, 7) is 6.08. The molecular weight excluding hydrogens is 316 g/mol. The summed E-state index contributed by atoms with van der Waals surface area (Å²) in [7, 11) is 0. The van der Waals surface area contributed by atoms with Crippen molar-refractivity contribution in [3.8, 4) is 0 Å². The van der Waals surface area contributed by atoms with Gasteiger partial charge < -0.3 is 15.3 Å². The number of unbranched alkanes of at least 4 members (excludes halogenated alkanes) is 2. The van der Waals surface area contributed by atoms with E-state index in [1.54, 1.807) is 0 Å². The molecule has 6 heteroatoms. The second-order valence-electron chi connectivity index (χ2n) is 7.16. The van der Waals surface area contributed by atoms with Crippen LogP contribution in [0.5, 0.6) is 0 Å². The Labute approximate surface area is 150 Å². The van der Waals surface area contributed by atoms with Crippen molar-refractivity contribution in [2.24, 2.45) is 0 Å². The van der Waals surface area contributed by atoms with Crippen LogP contribution in [0.4, 0.5) is 5.82 Å². The quantitative estimate of drug-likeness (QED) is 0.700. The predicted octanol–water partition coefficient (Wildman–Crippen LogP) is 1.85. The summed E-state index contributed by atoms with van der Waals surface area (Å²) in [5, 5.41) is 12.2. The number of carboxylic acid groups (broad SMARTS) is 1. The Morgan fingerprint density at radius 1 is 1.12 bits per heavy atom. The number of hydrogen-bond acceptors (Lipinski definition) is 5. The highest BCUT2D eigenvalue weighted by atomic mass is 16.4.